The quantitative estimate of drug-likeness (QED) is 0.395. The number of nitrogens with one attached hydrogen (secondary N) is 2. The van der Waals surface area contributed by atoms with Crippen molar-refractivity contribution in [2.24, 2.45) is 5.73 Å². The van der Waals surface area contributed by atoms with Crippen LogP contribution in [0.2, 0.25) is 0 Å². The van der Waals surface area contributed by atoms with Crippen LogP contribution in [0.15, 0.2) is 61.5 Å². The Labute approximate surface area is 156 Å². The highest BCUT2D eigenvalue weighted by atomic mass is 79.9. The maximum atomic E-state index is 11.6. The van der Waals surface area contributed by atoms with E-state index >= 15 is 0 Å². The molecular formula is C15H11Br2N5O3. The molecule has 0 aliphatic heterocycles. The predicted molar refractivity (Wildman–Crippen MR) is 100.0 cm³/mol. The van der Waals surface area contributed by atoms with Crippen LogP contribution in [-0.2, 0) is 0 Å². The first-order chi connectivity index (χ1) is 11.9. The van der Waals surface area contributed by atoms with E-state index in [9.17, 15) is 14.4 Å². The van der Waals surface area contributed by atoms with Gasteiger partial charge in [-0.25, -0.2) is 0 Å². The third-order valence-electron chi connectivity index (χ3n) is 3.36. The maximum Gasteiger partial charge on any atom is 0.254 e. The lowest BCUT2D eigenvalue weighted by molar-refractivity contribution is 0.0999. The molecule has 4 aromatic rings. The monoisotopic (exact) mass is 467 g/mol. The molecule has 8 nitrogen and oxygen atoms in total. The van der Waals surface area contributed by atoms with Crippen molar-refractivity contribution in [2.75, 3.05) is 0 Å². The Morgan fingerprint density at radius 3 is 2.20 bits per heavy atom. The standard InChI is InChI=1S/C8H6BrN3O2.C7H5BrN2O/c9-4-1-6-7(13)5(8(10)14)2-11-12(6)3-4;8-5-3-6-7(11)1-2-9-10(6)4-5/h1-3,11H,(H2,10,14);1-4,9H. The van der Waals surface area contributed by atoms with Crippen LogP contribution in [0.3, 0.4) is 0 Å². The lowest BCUT2D eigenvalue weighted by Crippen LogP contribution is -2.23. The number of aromatic nitrogens is 4. The van der Waals surface area contributed by atoms with Gasteiger partial charge in [0.2, 0.25) is 10.9 Å². The summed E-state index contributed by atoms with van der Waals surface area (Å²) in [4.78, 5) is 33.6. The van der Waals surface area contributed by atoms with Crippen LogP contribution in [0, 0.1) is 0 Å². The molecule has 0 atom stereocenters. The van der Waals surface area contributed by atoms with Crippen molar-refractivity contribution in [1.82, 2.24) is 19.2 Å². The molecule has 10 heteroatoms. The minimum absolute atomic E-state index is 0.0226. The summed E-state index contributed by atoms with van der Waals surface area (Å²) < 4.78 is 4.84. The van der Waals surface area contributed by atoms with Crippen molar-refractivity contribution in [2.45, 2.75) is 0 Å². The van der Waals surface area contributed by atoms with Crippen LogP contribution in [0.25, 0.3) is 11.0 Å². The number of primary amides is 1. The van der Waals surface area contributed by atoms with Gasteiger partial charge < -0.3 is 15.9 Å². The zero-order valence-corrected chi connectivity index (χ0v) is 15.7. The number of aromatic amines is 2. The highest BCUT2D eigenvalue weighted by molar-refractivity contribution is 9.10. The molecule has 25 heavy (non-hydrogen) atoms. The first-order valence-corrected chi connectivity index (χ1v) is 8.50. The van der Waals surface area contributed by atoms with Gasteiger partial charge >= 0.3 is 0 Å². The number of hydrogen-bond donors (Lipinski definition) is 3. The molecule has 4 heterocycles. The molecule has 0 bridgehead atoms. The van der Waals surface area contributed by atoms with E-state index < -0.39 is 5.91 Å². The Kier molecular flexibility index (Phi) is 4.64. The van der Waals surface area contributed by atoms with E-state index in [-0.39, 0.29) is 16.4 Å². The molecule has 0 saturated heterocycles. The van der Waals surface area contributed by atoms with Gasteiger partial charge in [0, 0.05) is 39.8 Å². The SMILES string of the molecule is NC(=O)c1c[nH]n2cc(Br)cc2c1=O.O=c1cc[nH]n2cc(Br)cc12. The van der Waals surface area contributed by atoms with Gasteiger partial charge in [-0.1, -0.05) is 0 Å². The second kappa shape index (κ2) is 6.73. The van der Waals surface area contributed by atoms with Crippen molar-refractivity contribution in [1.29, 1.82) is 0 Å². The normalized spacial score (nSPS) is 10.6. The number of carbonyl (C=O) groups is 1. The lowest BCUT2D eigenvalue weighted by Gasteiger charge is -1.96. The molecule has 0 aliphatic carbocycles. The first kappa shape index (κ1) is 17.2. The Balaban J connectivity index is 0.000000150. The van der Waals surface area contributed by atoms with Crippen molar-refractivity contribution in [3.8, 4) is 0 Å². The molecule has 0 saturated carbocycles. The van der Waals surface area contributed by atoms with Crippen molar-refractivity contribution < 1.29 is 4.79 Å². The number of fused-ring (bicyclic) bond motifs is 2. The van der Waals surface area contributed by atoms with E-state index in [1.807, 2.05) is 0 Å². The molecule has 4 rings (SSSR count). The molecular weight excluding hydrogens is 458 g/mol. The molecule has 0 spiro atoms. The predicted octanol–water partition coefficient (Wildman–Crippen LogP) is 1.88. The number of halogens is 2. The van der Waals surface area contributed by atoms with Gasteiger partial charge in [-0.15, -0.1) is 0 Å². The highest BCUT2D eigenvalue weighted by Crippen LogP contribution is 2.12. The Morgan fingerprint density at radius 1 is 1.00 bits per heavy atom. The van der Waals surface area contributed by atoms with Gasteiger partial charge in [-0.3, -0.25) is 23.4 Å². The molecule has 0 aliphatic rings. The third-order valence-corrected chi connectivity index (χ3v) is 4.23. The second-order valence-corrected chi connectivity index (χ2v) is 6.87. The van der Waals surface area contributed by atoms with Crippen LogP contribution >= 0.6 is 31.9 Å². The van der Waals surface area contributed by atoms with E-state index in [0.717, 1.165) is 8.95 Å². The summed E-state index contributed by atoms with van der Waals surface area (Å²) in [6, 6.07) is 4.89. The number of nitrogens with zero attached hydrogens (tertiary/aromatic N) is 2. The average molecular weight is 469 g/mol. The largest absolute Gasteiger partial charge is 0.365 e. The smallest absolute Gasteiger partial charge is 0.254 e. The molecule has 0 aromatic carbocycles. The van der Waals surface area contributed by atoms with Gasteiger partial charge in [0.25, 0.3) is 5.91 Å². The van der Waals surface area contributed by atoms with Crippen LogP contribution in [-0.4, -0.2) is 25.1 Å². The summed E-state index contributed by atoms with van der Waals surface area (Å²) in [6.07, 6.45) is 6.39. The van der Waals surface area contributed by atoms with E-state index in [1.54, 1.807) is 35.2 Å². The fourth-order valence-electron chi connectivity index (χ4n) is 2.24. The first-order valence-electron chi connectivity index (χ1n) is 6.91. The number of amides is 1. The number of hydrogen-bond acceptors (Lipinski definition) is 3. The minimum atomic E-state index is -0.730. The van der Waals surface area contributed by atoms with E-state index in [1.165, 1.54) is 16.8 Å². The van der Waals surface area contributed by atoms with Gasteiger partial charge in [-0.05, 0) is 44.0 Å². The Bertz CT molecular complexity index is 1200. The van der Waals surface area contributed by atoms with Crippen LogP contribution in [0.5, 0.6) is 0 Å². The zero-order valence-electron chi connectivity index (χ0n) is 12.5. The van der Waals surface area contributed by atoms with Crippen LogP contribution in [0.1, 0.15) is 10.4 Å². The summed E-state index contributed by atoms with van der Waals surface area (Å²) in [7, 11) is 0. The molecule has 4 aromatic heterocycles. The fourth-order valence-corrected chi connectivity index (χ4v) is 3.08. The molecule has 4 N–H and O–H groups in total. The maximum absolute atomic E-state index is 11.6. The van der Waals surface area contributed by atoms with E-state index in [0.29, 0.717) is 11.0 Å². The van der Waals surface area contributed by atoms with Gasteiger partial charge in [-0.2, -0.15) is 0 Å². The van der Waals surface area contributed by atoms with Gasteiger partial charge in [0.1, 0.15) is 16.6 Å². The van der Waals surface area contributed by atoms with E-state index in [2.05, 4.69) is 42.1 Å². The van der Waals surface area contributed by atoms with Crippen LogP contribution < -0.4 is 16.6 Å². The number of carbonyl (C=O) groups excluding carboxylic acids is 1. The van der Waals surface area contributed by atoms with Gasteiger partial charge in [0.05, 0.1) is 0 Å². The summed E-state index contributed by atoms with van der Waals surface area (Å²) in [5.41, 5.74) is 5.68. The molecule has 0 fully saturated rings. The highest BCUT2D eigenvalue weighted by Gasteiger charge is 2.10. The second-order valence-electron chi connectivity index (χ2n) is 5.03. The average Bonchev–Trinajstić information content (AvgIpc) is 3.11. The Morgan fingerprint density at radius 2 is 1.60 bits per heavy atom. The third kappa shape index (κ3) is 3.44. The summed E-state index contributed by atoms with van der Waals surface area (Å²) in [6.45, 7) is 0. The fraction of sp³-hybridized carbons (Fsp3) is 0. The molecule has 0 radical (unpaired) electrons. The molecule has 1 amide bonds. The summed E-state index contributed by atoms with van der Waals surface area (Å²) in [5, 5.41) is 5.65. The van der Waals surface area contributed by atoms with Crippen molar-refractivity contribution >= 4 is 48.8 Å². The van der Waals surface area contributed by atoms with Crippen LogP contribution in [0.4, 0.5) is 0 Å². The minimum Gasteiger partial charge on any atom is -0.365 e. The summed E-state index contributed by atoms with van der Waals surface area (Å²) >= 11 is 6.50. The lowest BCUT2D eigenvalue weighted by atomic mass is 10.2. The number of rotatable bonds is 1. The number of nitrogens with two attached hydrogens (primary N) is 1. The molecule has 0 unspecified atom stereocenters. The zero-order chi connectivity index (χ0) is 18.1. The Hall–Kier alpha value is -2.59. The van der Waals surface area contributed by atoms with Crippen molar-refractivity contribution in [3.05, 3.63) is 77.9 Å². The van der Waals surface area contributed by atoms with Gasteiger partial charge in [0.15, 0.2) is 0 Å². The number of H-pyrrole nitrogens is 2. The summed E-state index contributed by atoms with van der Waals surface area (Å²) in [5.74, 6) is -0.730. The topological polar surface area (TPSA) is 118 Å². The van der Waals surface area contributed by atoms with Crippen molar-refractivity contribution in [3.63, 3.8) is 0 Å². The van der Waals surface area contributed by atoms with E-state index in [4.69, 9.17) is 5.73 Å². The molecule has 128 valence electrons.